The minimum Gasteiger partial charge on any atom is -0.466 e. The topological polar surface area (TPSA) is 107 Å². The fourth-order valence-corrected chi connectivity index (χ4v) is 2.62. The zero-order valence-corrected chi connectivity index (χ0v) is 14.9. The van der Waals surface area contributed by atoms with Crippen LogP contribution in [0.2, 0.25) is 0 Å². The first-order valence-corrected chi connectivity index (χ1v) is 8.88. The van der Waals surface area contributed by atoms with Crippen molar-refractivity contribution in [2.75, 3.05) is 6.61 Å². The van der Waals surface area contributed by atoms with E-state index in [1.54, 1.807) is 6.92 Å². The van der Waals surface area contributed by atoms with Crippen molar-refractivity contribution < 1.29 is 49.6 Å². The van der Waals surface area contributed by atoms with E-state index in [0.717, 1.165) is 0 Å². The summed E-state index contributed by atoms with van der Waals surface area (Å²) in [7, 11) is -5.52. The van der Waals surface area contributed by atoms with Gasteiger partial charge in [-0.15, -0.1) is 0 Å². The Labute approximate surface area is 148 Å². The first-order chi connectivity index (χ1) is 11.7. The highest BCUT2D eigenvalue weighted by Crippen LogP contribution is 2.32. The molecule has 26 heavy (non-hydrogen) atoms. The number of rotatable bonds is 11. The molecule has 0 saturated carbocycles. The zero-order chi connectivity index (χ0) is 20.7. The van der Waals surface area contributed by atoms with E-state index >= 15 is 0 Å². The number of carbonyl (C=O) groups is 2. The summed E-state index contributed by atoms with van der Waals surface area (Å²) < 4.78 is 91.0. The number of alkyl halides is 4. The van der Waals surface area contributed by atoms with Crippen molar-refractivity contribution in [2.45, 2.75) is 56.8 Å². The number of hydrogen-bond donors (Lipinski definition) is 1. The van der Waals surface area contributed by atoms with E-state index in [1.165, 1.54) is 6.92 Å². The van der Waals surface area contributed by atoms with Gasteiger partial charge < -0.3 is 9.47 Å². The molecule has 0 aliphatic carbocycles. The lowest BCUT2D eigenvalue weighted by Gasteiger charge is -2.23. The van der Waals surface area contributed by atoms with E-state index < -0.39 is 65.2 Å². The van der Waals surface area contributed by atoms with Gasteiger partial charge in [-0.1, -0.05) is 13.5 Å². The van der Waals surface area contributed by atoms with E-state index in [-0.39, 0.29) is 12.0 Å². The van der Waals surface area contributed by atoms with Crippen LogP contribution >= 0.6 is 0 Å². The maximum atomic E-state index is 13.2. The van der Waals surface area contributed by atoms with Gasteiger partial charge in [-0.25, -0.2) is 13.6 Å². The molecule has 12 heteroatoms. The molecule has 2 atom stereocenters. The molecule has 0 bridgehead atoms. The van der Waals surface area contributed by atoms with E-state index in [4.69, 9.17) is 9.29 Å². The number of halogens is 4. The average molecular weight is 408 g/mol. The first-order valence-electron chi connectivity index (χ1n) is 7.37. The molecule has 0 radical (unpaired) electrons. The summed E-state index contributed by atoms with van der Waals surface area (Å²) in [5.74, 6) is -6.81. The smallest absolute Gasteiger partial charge is 0.333 e. The van der Waals surface area contributed by atoms with Crippen LogP contribution in [0.4, 0.5) is 17.6 Å². The summed E-state index contributed by atoms with van der Waals surface area (Å²) in [6.45, 7) is 5.35. The lowest BCUT2D eigenvalue weighted by Crippen LogP contribution is -2.46. The van der Waals surface area contributed by atoms with Crippen LogP contribution in [0.1, 0.15) is 33.1 Å². The fourth-order valence-electron chi connectivity index (χ4n) is 1.73. The third-order valence-electron chi connectivity index (χ3n) is 3.19. The standard InChI is InChI=1S/C14H20F4O7S/c1-4-9(25-12(20)8(2)3)7-11(19)24-6-5-10(26(21,22)23)14(17,18)13(15)16/h9-10,13H,2,4-7H2,1,3H3,(H,21,22,23). The van der Waals surface area contributed by atoms with Gasteiger partial charge in [0.2, 0.25) is 0 Å². The highest BCUT2D eigenvalue weighted by molar-refractivity contribution is 7.86. The van der Waals surface area contributed by atoms with Crippen LogP contribution in [0.5, 0.6) is 0 Å². The molecule has 0 amide bonds. The largest absolute Gasteiger partial charge is 0.466 e. The lowest BCUT2D eigenvalue weighted by molar-refractivity contribution is -0.154. The summed E-state index contributed by atoms with van der Waals surface area (Å²) in [6, 6.07) is 0. The second kappa shape index (κ2) is 9.86. The van der Waals surface area contributed by atoms with Crippen LogP contribution in [-0.4, -0.2) is 55.2 Å². The average Bonchev–Trinajstić information content (AvgIpc) is 2.48. The molecule has 0 fully saturated rings. The Morgan fingerprint density at radius 3 is 2.19 bits per heavy atom. The molecule has 7 nitrogen and oxygen atoms in total. The summed E-state index contributed by atoms with van der Waals surface area (Å²) in [6.07, 6.45) is -6.73. The van der Waals surface area contributed by atoms with Gasteiger partial charge in [0.05, 0.1) is 13.0 Å². The molecule has 152 valence electrons. The van der Waals surface area contributed by atoms with Gasteiger partial charge >= 0.3 is 24.3 Å². The van der Waals surface area contributed by atoms with E-state index in [9.17, 15) is 35.6 Å². The molecule has 0 aromatic heterocycles. The van der Waals surface area contributed by atoms with Crippen LogP contribution in [0.15, 0.2) is 12.2 Å². The van der Waals surface area contributed by atoms with Crippen molar-refractivity contribution in [1.29, 1.82) is 0 Å². The molecule has 1 N–H and O–H groups in total. The second-order valence-corrected chi connectivity index (χ2v) is 7.01. The molecule has 0 aliphatic rings. The third-order valence-corrected chi connectivity index (χ3v) is 4.46. The molecular formula is C14H20F4O7S. The molecule has 0 heterocycles. The van der Waals surface area contributed by atoms with Gasteiger partial charge in [-0.05, 0) is 13.3 Å². The molecule has 0 saturated heterocycles. The Hall–Kier alpha value is -1.69. The summed E-state index contributed by atoms with van der Waals surface area (Å²) in [5.41, 5.74) is 0.0852. The molecule has 0 spiro atoms. The number of esters is 2. The van der Waals surface area contributed by atoms with Crippen molar-refractivity contribution in [3.8, 4) is 0 Å². The predicted molar refractivity (Wildman–Crippen MR) is 81.5 cm³/mol. The quantitative estimate of drug-likeness (QED) is 0.242. The fraction of sp³-hybridized carbons (Fsp3) is 0.714. The Kier molecular flexibility index (Phi) is 9.22. The van der Waals surface area contributed by atoms with Crippen LogP contribution in [0.25, 0.3) is 0 Å². The first kappa shape index (κ1) is 24.3. The summed E-state index contributed by atoms with van der Waals surface area (Å²) in [4.78, 5) is 23.0. The van der Waals surface area contributed by atoms with Crippen LogP contribution in [0, 0.1) is 0 Å². The van der Waals surface area contributed by atoms with Gasteiger partial charge in [0.15, 0.2) is 5.25 Å². The van der Waals surface area contributed by atoms with Gasteiger partial charge in [0.1, 0.15) is 6.10 Å². The molecule has 0 aromatic rings. The van der Waals surface area contributed by atoms with Gasteiger partial charge in [-0.3, -0.25) is 9.35 Å². The Morgan fingerprint density at radius 2 is 1.81 bits per heavy atom. The molecule has 0 rings (SSSR count). The van der Waals surface area contributed by atoms with Crippen molar-refractivity contribution >= 4 is 22.1 Å². The van der Waals surface area contributed by atoms with E-state index in [2.05, 4.69) is 11.3 Å². The summed E-state index contributed by atoms with van der Waals surface area (Å²) >= 11 is 0. The molecule has 0 aliphatic heterocycles. The maximum Gasteiger partial charge on any atom is 0.333 e. The van der Waals surface area contributed by atoms with E-state index in [0.29, 0.717) is 0 Å². The molecule has 0 aromatic carbocycles. The van der Waals surface area contributed by atoms with Gasteiger partial charge in [0, 0.05) is 12.0 Å². The number of hydrogen-bond acceptors (Lipinski definition) is 6. The molecular weight excluding hydrogens is 388 g/mol. The van der Waals surface area contributed by atoms with Crippen LogP contribution < -0.4 is 0 Å². The minimum atomic E-state index is -5.52. The highest BCUT2D eigenvalue weighted by Gasteiger charge is 2.54. The maximum absolute atomic E-state index is 13.2. The summed E-state index contributed by atoms with van der Waals surface area (Å²) in [5, 5.41) is -3.13. The Morgan fingerprint density at radius 1 is 1.27 bits per heavy atom. The normalized spacial score (nSPS) is 14.6. The molecule has 2 unspecified atom stereocenters. The highest BCUT2D eigenvalue weighted by atomic mass is 32.2. The van der Waals surface area contributed by atoms with Crippen LogP contribution in [-0.2, 0) is 29.2 Å². The predicted octanol–water partition coefficient (Wildman–Crippen LogP) is 2.36. The minimum absolute atomic E-state index is 0.0852. The van der Waals surface area contributed by atoms with Gasteiger partial charge in [-0.2, -0.15) is 17.2 Å². The lowest BCUT2D eigenvalue weighted by atomic mass is 10.2. The number of ether oxygens (including phenoxy) is 2. The second-order valence-electron chi connectivity index (χ2n) is 5.41. The zero-order valence-electron chi connectivity index (χ0n) is 14.1. The van der Waals surface area contributed by atoms with Crippen molar-refractivity contribution in [2.24, 2.45) is 0 Å². The Bertz CT molecular complexity index is 619. The Balaban J connectivity index is 4.74. The van der Waals surface area contributed by atoms with Crippen molar-refractivity contribution in [3.05, 3.63) is 12.2 Å². The van der Waals surface area contributed by atoms with Crippen molar-refractivity contribution in [1.82, 2.24) is 0 Å². The third kappa shape index (κ3) is 7.68. The monoisotopic (exact) mass is 408 g/mol. The van der Waals surface area contributed by atoms with E-state index in [1.807, 2.05) is 0 Å². The SMILES string of the molecule is C=C(C)C(=O)OC(CC)CC(=O)OCCC(C(F)(F)C(F)F)S(=O)(=O)O. The van der Waals surface area contributed by atoms with Crippen molar-refractivity contribution in [3.63, 3.8) is 0 Å². The van der Waals surface area contributed by atoms with Crippen LogP contribution in [0.3, 0.4) is 0 Å². The van der Waals surface area contributed by atoms with Gasteiger partial charge in [0.25, 0.3) is 10.1 Å². The number of carbonyl (C=O) groups excluding carboxylic acids is 2.